The van der Waals surface area contributed by atoms with Gasteiger partial charge in [0.1, 0.15) is 11.6 Å². The Labute approximate surface area is 146 Å². The van der Waals surface area contributed by atoms with Crippen LogP contribution in [-0.4, -0.2) is 39.6 Å². The first-order valence-electron chi connectivity index (χ1n) is 9.09. The van der Waals surface area contributed by atoms with Gasteiger partial charge in [-0.25, -0.2) is 4.98 Å². The van der Waals surface area contributed by atoms with Gasteiger partial charge in [0.25, 0.3) is 11.5 Å². The van der Waals surface area contributed by atoms with Crippen LogP contribution in [0.4, 0.5) is 0 Å². The number of aromatic nitrogens is 2. The molecule has 0 bridgehead atoms. The normalized spacial score (nSPS) is 19.9. The number of hydrogen-bond acceptors (Lipinski definition) is 4. The summed E-state index contributed by atoms with van der Waals surface area (Å²) in [5.41, 5.74) is 0.681. The summed E-state index contributed by atoms with van der Waals surface area (Å²) in [5.74, 6) is 1.42. The SMILES string of the molecule is CC1CCCCN1C(=O)COc1ccc2nc3n(c(=O)c2c1)CCC3. The molecule has 2 aliphatic heterocycles. The summed E-state index contributed by atoms with van der Waals surface area (Å²) in [5, 5.41) is 0.557. The number of aryl methyl sites for hydroxylation is 1. The van der Waals surface area contributed by atoms with Crippen molar-refractivity contribution >= 4 is 16.8 Å². The van der Waals surface area contributed by atoms with Crippen molar-refractivity contribution < 1.29 is 9.53 Å². The molecule has 1 aromatic heterocycles. The van der Waals surface area contributed by atoms with Crippen molar-refractivity contribution in [1.82, 2.24) is 14.5 Å². The minimum Gasteiger partial charge on any atom is -0.484 e. The Kier molecular flexibility index (Phi) is 4.19. The third kappa shape index (κ3) is 3.01. The molecule has 0 spiro atoms. The summed E-state index contributed by atoms with van der Waals surface area (Å²) in [6.45, 7) is 3.63. The summed E-state index contributed by atoms with van der Waals surface area (Å²) in [6.07, 6.45) is 5.10. The lowest BCUT2D eigenvalue weighted by Gasteiger charge is -2.33. The molecule has 1 unspecified atom stereocenters. The quantitative estimate of drug-likeness (QED) is 0.858. The van der Waals surface area contributed by atoms with E-state index < -0.39 is 0 Å². The number of likely N-dealkylation sites (tertiary alicyclic amines) is 1. The summed E-state index contributed by atoms with van der Waals surface area (Å²) in [6, 6.07) is 5.58. The number of piperidine rings is 1. The van der Waals surface area contributed by atoms with Gasteiger partial charge in [0, 0.05) is 25.6 Å². The number of rotatable bonds is 3. The number of fused-ring (bicyclic) bond motifs is 2. The minimum atomic E-state index is -0.0149. The van der Waals surface area contributed by atoms with E-state index in [1.54, 1.807) is 22.8 Å². The Morgan fingerprint density at radius 1 is 1.28 bits per heavy atom. The molecule has 1 aromatic carbocycles. The lowest BCUT2D eigenvalue weighted by atomic mass is 10.0. The zero-order valence-electron chi connectivity index (χ0n) is 14.5. The minimum absolute atomic E-state index is 0.00947. The fourth-order valence-electron chi connectivity index (χ4n) is 3.85. The first-order chi connectivity index (χ1) is 12.1. The standard InChI is InChI=1S/C19H23N3O3/c1-13-5-2-3-9-21(13)18(23)12-25-14-7-8-16-15(11-14)19(24)22-10-4-6-17(22)20-16/h7-8,11,13H,2-6,9-10,12H2,1H3. The van der Waals surface area contributed by atoms with E-state index in [2.05, 4.69) is 11.9 Å². The molecule has 0 N–H and O–H groups in total. The molecule has 2 aliphatic rings. The van der Waals surface area contributed by atoms with E-state index in [4.69, 9.17) is 4.74 Å². The van der Waals surface area contributed by atoms with Gasteiger partial charge in [0.15, 0.2) is 6.61 Å². The smallest absolute Gasteiger partial charge is 0.261 e. The monoisotopic (exact) mass is 341 g/mol. The van der Waals surface area contributed by atoms with Gasteiger partial charge in [-0.05, 0) is 50.8 Å². The Hall–Kier alpha value is -2.37. The van der Waals surface area contributed by atoms with Crippen LogP contribution in [0.1, 0.15) is 38.4 Å². The van der Waals surface area contributed by atoms with Gasteiger partial charge < -0.3 is 9.64 Å². The zero-order chi connectivity index (χ0) is 17.4. The molecular weight excluding hydrogens is 318 g/mol. The summed E-state index contributed by atoms with van der Waals surface area (Å²) < 4.78 is 7.43. The van der Waals surface area contributed by atoms with Crippen molar-refractivity contribution in [3.8, 4) is 5.75 Å². The maximum Gasteiger partial charge on any atom is 0.261 e. The maximum absolute atomic E-state index is 12.6. The van der Waals surface area contributed by atoms with Crippen molar-refractivity contribution in [3.05, 3.63) is 34.4 Å². The van der Waals surface area contributed by atoms with Crippen molar-refractivity contribution in [2.24, 2.45) is 0 Å². The topological polar surface area (TPSA) is 64.4 Å². The summed E-state index contributed by atoms with van der Waals surface area (Å²) in [7, 11) is 0. The van der Waals surface area contributed by atoms with E-state index in [1.165, 1.54) is 6.42 Å². The molecule has 3 heterocycles. The van der Waals surface area contributed by atoms with Gasteiger partial charge >= 0.3 is 0 Å². The van der Waals surface area contributed by atoms with Crippen LogP contribution in [0, 0.1) is 0 Å². The molecule has 25 heavy (non-hydrogen) atoms. The van der Waals surface area contributed by atoms with E-state index in [0.717, 1.165) is 44.6 Å². The zero-order valence-corrected chi connectivity index (χ0v) is 14.5. The fraction of sp³-hybridized carbons (Fsp3) is 0.526. The highest BCUT2D eigenvalue weighted by Crippen LogP contribution is 2.21. The van der Waals surface area contributed by atoms with Crippen LogP contribution in [0.2, 0.25) is 0 Å². The molecule has 6 heteroatoms. The third-order valence-corrected chi connectivity index (χ3v) is 5.27. The Morgan fingerprint density at radius 3 is 3.00 bits per heavy atom. The highest BCUT2D eigenvalue weighted by molar-refractivity contribution is 5.80. The average Bonchev–Trinajstić information content (AvgIpc) is 3.09. The Balaban J connectivity index is 1.52. The molecule has 1 fully saturated rings. The average molecular weight is 341 g/mol. The van der Waals surface area contributed by atoms with Crippen molar-refractivity contribution in [2.45, 2.75) is 51.6 Å². The summed E-state index contributed by atoms with van der Waals surface area (Å²) >= 11 is 0. The lowest BCUT2D eigenvalue weighted by molar-refractivity contribution is -0.136. The molecule has 1 atom stereocenters. The molecule has 132 valence electrons. The van der Waals surface area contributed by atoms with E-state index in [9.17, 15) is 9.59 Å². The van der Waals surface area contributed by atoms with Gasteiger partial charge in [-0.1, -0.05) is 0 Å². The van der Waals surface area contributed by atoms with Gasteiger partial charge in [-0.2, -0.15) is 0 Å². The van der Waals surface area contributed by atoms with Crippen LogP contribution in [0.3, 0.4) is 0 Å². The predicted molar refractivity (Wildman–Crippen MR) is 94.8 cm³/mol. The van der Waals surface area contributed by atoms with Crippen LogP contribution >= 0.6 is 0 Å². The molecule has 2 aromatic rings. The lowest BCUT2D eigenvalue weighted by Crippen LogP contribution is -2.44. The fourth-order valence-corrected chi connectivity index (χ4v) is 3.85. The number of carbonyl (C=O) groups is 1. The van der Waals surface area contributed by atoms with Crippen LogP contribution in [0.15, 0.2) is 23.0 Å². The maximum atomic E-state index is 12.6. The molecule has 1 saturated heterocycles. The third-order valence-electron chi connectivity index (χ3n) is 5.27. The number of benzene rings is 1. The number of carbonyl (C=O) groups excluding carboxylic acids is 1. The van der Waals surface area contributed by atoms with Gasteiger partial charge in [-0.3, -0.25) is 14.2 Å². The number of hydrogen-bond donors (Lipinski definition) is 0. The molecule has 0 saturated carbocycles. The molecule has 4 rings (SSSR count). The predicted octanol–water partition coefficient (Wildman–Crippen LogP) is 2.12. The van der Waals surface area contributed by atoms with Crippen molar-refractivity contribution in [1.29, 1.82) is 0 Å². The second-order valence-corrected chi connectivity index (χ2v) is 6.99. The van der Waals surface area contributed by atoms with Gasteiger partial charge in [0.2, 0.25) is 0 Å². The Morgan fingerprint density at radius 2 is 2.16 bits per heavy atom. The van der Waals surface area contributed by atoms with Gasteiger partial charge in [0.05, 0.1) is 10.9 Å². The van der Waals surface area contributed by atoms with Crippen LogP contribution in [0.5, 0.6) is 5.75 Å². The number of ether oxygens (including phenoxy) is 1. The highest BCUT2D eigenvalue weighted by Gasteiger charge is 2.23. The molecule has 6 nitrogen and oxygen atoms in total. The van der Waals surface area contributed by atoms with E-state index in [0.29, 0.717) is 16.7 Å². The molecular formula is C19H23N3O3. The largest absolute Gasteiger partial charge is 0.484 e. The summed E-state index contributed by atoms with van der Waals surface area (Å²) in [4.78, 5) is 31.4. The van der Waals surface area contributed by atoms with Crippen molar-refractivity contribution in [2.75, 3.05) is 13.2 Å². The van der Waals surface area contributed by atoms with Crippen molar-refractivity contribution in [3.63, 3.8) is 0 Å². The number of amides is 1. The first-order valence-corrected chi connectivity index (χ1v) is 9.09. The van der Waals surface area contributed by atoms with Crippen LogP contribution in [-0.2, 0) is 17.8 Å². The molecule has 0 aliphatic carbocycles. The first kappa shape index (κ1) is 16.1. The van der Waals surface area contributed by atoms with E-state index in [-0.39, 0.29) is 24.1 Å². The highest BCUT2D eigenvalue weighted by atomic mass is 16.5. The van der Waals surface area contributed by atoms with E-state index in [1.807, 2.05) is 4.90 Å². The van der Waals surface area contributed by atoms with Crippen LogP contribution < -0.4 is 10.3 Å². The Bertz CT molecular complexity index is 874. The molecule has 0 radical (unpaired) electrons. The van der Waals surface area contributed by atoms with Crippen LogP contribution in [0.25, 0.3) is 10.9 Å². The second-order valence-electron chi connectivity index (χ2n) is 6.99. The second kappa shape index (κ2) is 6.50. The molecule has 1 amide bonds. The van der Waals surface area contributed by atoms with Gasteiger partial charge in [-0.15, -0.1) is 0 Å². The van der Waals surface area contributed by atoms with E-state index >= 15 is 0 Å². The number of nitrogens with zero attached hydrogens (tertiary/aromatic N) is 3.